The van der Waals surface area contributed by atoms with Gasteiger partial charge in [-0.05, 0) is 55.1 Å². The second kappa shape index (κ2) is 5.77. The van der Waals surface area contributed by atoms with Gasteiger partial charge in [-0.15, -0.1) is 0 Å². The number of hydrogen-bond acceptors (Lipinski definition) is 4. The van der Waals surface area contributed by atoms with E-state index in [1.807, 2.05) is 6.08 Å². The van der Waals surface area contributed by atoms with Crippen molar-refractivity contribution in [2.75, 3.05) is 7.11 Å². The Morgan fingerprint density at radius 2 is 2.00 bits per heavy atom. The average Bonchev–Trinajstić information content (AvgIpc) is 2.91. The van der Waals surface area contributed by atoms with E-state index in [4.69, 9.17) is 4.74 Å². The molecule has 0 spiro atoms. The highest BCUT2D eigenvalue weighted by molar-refractivity contribution is 6.01. The fourth-order valence-corrected chi connectivity index (χ4v) is 6.32. The molecule has 3 fully saturated rings. The Morgan fingerprint density at radius 3 is 2.73 bits per heavy atom. The van der Waals surface area contributed by atoms with Crippen LogP contribution >= 0.6 is 0 Å². The van der Waals surface area contributed by atoms with E-state index in [-0.39, 0.29) is 34.3 Å². The Labute approximate surface area is 154 Å². The van der Waals surface area contributed by atoms with Gasteiger partial charge in [0.1, 0.15) is 5.78 Å². The van der Waals surface area contributed by atoms with Crippen molar-refractivity contribution >= 4 is 17.5 Å². The minimum Gasteiger partial charge on any atom is -0.466 e. The van der Waals surface area contributed by atoms with Gasteiger partial charge in [0.15, 0.2) is 5.78 Å². The summed E-state index contributed by atoms with van der Waals surface area (Å²) in [5.41, 5.74) is 1.62. The lowest BCUT2D eigenvalue weighted by molar-refractivity contribution is -0.140. The quantitative estimate of drug-likeness (QED) is 0.533. The molecule has 0 radical (unpaired) electrons. The minimum atomic E-state index is -0.329. The Hall–Kier alpha value is -1.97. The van der Waals surface area contributed by atoms with Crippen LogP contribution in [0.4, 0.5) is 0 Å². The second-order valence-corrected chi connectivity index (χ2v) is 8.77. The van der Waals surface area contributed by atoms with E-state index in [1.165, 1.54) is 7.11 Å². The standard InChI is InChI=1S/C22H26O4/c1-21-9-8-15(23)10-13(21)4-6-16-17-7-5-14(11-19(25)26-3)22(17,2)12-18(24)20(16)21/h8-11,16-17,20H,4-7,12H2,1-3H3/b14-11-/t16-,17-,20+,21-,22+/m0/s1. The first-order valence-electron chi connectivity index (χ1n) is 9.55. The summed E-state index contributed by atoms with van der Waals surface area (Å²) in [6.45, 7) is 4.28. The molecule has 4 nitrogen and oxygen atoms in total. The van der Waals surface area contributed by atoms with Gasteiger partial charge >= 0.3 is 5.97 Å². The average molecular weight is 354 g/mol. The van der Waals surface area contributed by atoms with Crippen molar-refractivity contribution < 1.29 is 19.1 Å². The van der Waals surface area contributed by atoms with Gasteiger partial charge in [0.2, 0.25) is 0 Å². The lowest BCUT2D eigenvalue weighted by Gasteiger charge is -2.55. The monoisotopic (exact) mass is 354 g/mol. The highest BCUT2D eigenvalue weighted by atomic mass is 16.5. The summed E-state index contributed by atoms with van der Waals surface area (Å²) in [5, 5.41) is 0. The molecule has 138 valence electrons. The van der Waals surface area contributed by atoms with E-state index in [1.54, 1.807) is 18.2 Å². The van der Waals surface area contributed by atoms with Crippen molar-refractivity contribution in [2.45, 2.75) is 46.0 Å². The first-order chi connectivity index (χ1) is 12.3. The SMILES string of the molecule is COC(=O)/C=C1/CC[C@H]2[C@@H]3CCC4=CC(=O)C=C[C@]4(C)[C@H]3C(=O)C[C@]12C. The van der Waals surface area contributed by atoms with Gasteiger partial charge < -0.3 is 4.74 Å². The predicted octanol–water partition coefficient (Wildman–Crippen LogP) is 3.57. The molecule has 4 aliphatic rings. The molecule has 0 aromatic carbocycles. The second-order valence-electron chi connectivity index (χ2n) is 8.77. The zero-order valence-electron chi connectivity index (χ0n) is 15.7. The Balaban J connectivity index is 1.72. The largest absolute Gasteiger partial charge is 0.466 e. The van der Waals surface area contributed by atoms with E-state index >= 15 is 0 Å². The van der Waals surface area contributed by atoms with E-state index in [0.717, 1.165) is 36.8 Å². The first kappa shape index (κ1) is 17.4. The number of ether oxygens (including phenoxy) is 1. The molecule has 4 aliphatic carbocycles. The van der Waals surface area contributed by atoms with Gasteiger partial charge in [-0.2, -0.15) is 0 Å². The van der Waals surface area contributed by atoms with Crippen LogP contribution in [0.2, 0.25) is 0 Å². The van der Waals surface area contributed by atoms with Gasteiger partial charge in [0, 0.05) is 23.8 Å². The maximum absolute atomic E-state index is 13.3. The fraction of sp³-hybridized carbons (Fsp3) is 0.591. The van der Waals surface area contributed by atoms with Crippen LogP contribution in [-0.2, 0) is 19.1 Å². The summed E-state index contributed by atoms with van der Waals surface area (Å²) in [6, 6.07) is 0. The maximum Gasteiger partial charge on any atom is 0.330 e. The summed E-state index contributed by atoms with van der Waals surface area (Å²) in [6.07, 6.45) is 11.1. The minimum absolute atomic E-state index is 0.0354. The van der Waals surface area contributed by atoms with Crippen LogP contribution in [0.15, 0.2) is 35.5 Å². The number of carbonyl (C=O) groups excluding carboxylic acids is 3. The van der Waals surface area contributed by atoms with E-state index in [0.29, 0.717) is 18.3 Å². The highest BCUT2D eigenvalue weighted by Gasteiger charge is 2.60. The van der Waals surface area contributed by atoms with E-state index in [9.17, 15) is 14.4 Å². The van der Waals surface area contributed by atoms with Crippen molar-refractivity contribution in [3.63, 3.8) is 0 Å². The number of fused-ring (bicyclic) bond motifs is 5. The topological polar surface area (TPSA) is 60.4 Å². The van der Waals surface area contributed by atoms with Crippen LogP contribution in [0.25, 0.3) is 0 Å². The van der Waals surface area contributed by atoms with E-state index in [2.05, 4.69) is 13.8 Å². The summed E-state index contributed by atoms with van der Waals surface area (Å²) in [4.78, 5) is 36.9. The molecule has 0 N–H and O–H groups in total. The van der Waals surface area contributed by atoms with Gasteiger partial charge in [0.25, 0.3) is 0 Å². The predicted molar refractivity (Wildman–Crippen MR) is 97.1 cm³/mol. The van der Waals surface area contributed by atoms with Crippen molar-refractivity contribution in [3.8, 4) is 0 Å². The van der Waals surface area contributed by atoms with E-state index < -0.39 is 0 Å². The molecule has 0 bridgehead atoms. The number of rotatable bonds is 1. The molecule has 4 rings (SSSR count). The number of methoxy groups -OCH3 is 1. The molecule has 0 aromatic rings. The lowest BCUT2D eigenvalue weighted by atomic mass is 9.48. The van der Waals surface area contributed by atoms with Crippen molar-refractivity contribution in [1.29, 1.82) is 0 Å². The van der Waals surface area contributed by atoms with Crippen LogP contribution in [0.5, 0.6) is 0 Å². The van der Waals surface area contributed by atoms with Crippen LogP contribution in [0, 0.1) is 28.6 Å². The molecule has 0 saturated heterocycles. The molecule has 0 amide bonds. The zero-order valence-corrected chi connectivity index (χ0v) is 15.7. The van der Waals surface area contributed by atoms with Crippen LogP contribution in [0.3, 0.4) is 0 Å². The van der Waals surface area contributed by atoms with Crippen molar-refractivity contribution in [2.24, 2.45) is 28.6 Å². The summed E-state index contributed by atoms with van der Waals surface area (Å²) < 4.78 is 4.82. The molecule has 0 aromatic heterocycles. The molecular weight excluding hydrogens is 328 g/mol. The number of esters is 1. The smallest absolute Gasteiger partial charge is 0.330 e. The van der Waals surface area contributed by atoms with Crippen LogP contribution < -0.4 is 0 Å². The highest BCUT2D eigenvalue weighted by Crippen LogP contribution is 2.64. The summed E-state index contributed by atoms with van der Waals surface area (Å²) in [5.74, 6) is 0.649. The molecule has 5 atom stereocenters. The number of Topliss-reactive ketones (excluding diaryl/α,β-unsaturated/α-hetero) is 1. The Morgan fingerprint density at radius 1 is 1.23 bits per heavy atom. The molecule has 26 heavy (non-hydrogen) atoms. The molecule has 3 saturated carbocycles. The Bertz CT molecular complexity index is 786. The van der Waals surface area contributed by atoms with Crippen LogP contribution in [-0.4, -0.2) is 24.6 Å². The lowest BCUT2D eigenvalue weighted by Crippen LogP contribution is -2.53. The Kier molecular flexibility index (Phi) is 3.87. The molecular formula is C22H26O4. The number of carbonyl (C=O) groups is 3. The molecule has 0 unspecified atom stereocenters. The number of ketones is 2. The normalized spacial score (nSPS) is 42.8. The molecule has 0 heterocycles. The number of hydrogen-bond donors (Lipinski definition) is 0. The maximum atomic E-state index is 13.3. The number of allylic oxidation sites excluding steroid dienone is 5. The van der Waals surface area contributed by atoms with Crippen LogP contribution in [0.1, 0.15) is 46.0 Å². The fourth-order valence-electron chi connectivity index (χ4n) is 6.32. The summed E-state index contributed by atoms with van der Waals surface area (Å²) >= 11 is 0. The van der Waals surface area contributed by atoms with Gasteiger partial charge in [-0.3, -0.25) is 9.59 Å². The molecule has 0 aliphatic heterocycles. The van der Waals surface area contributed by atoms with Gasteiger partial charge in [-0.25, -0.2) is 4.79 Å². The van der Waals surface area contributed by atoms with Crippen molar-refractivity contribution in [3.05, 3.63) is 35.5 Å². The van der Waals surface area contributed by atoms with Crippen molar-refractivity contribution in [1.82, 2.24) is 0 Å². The third kappa shape index (κ3) is 2.30. The van der Waals surface area contributed by atoms with Gasteiger partial charge in [0.05, 0.1) is 7.11 Å². The first-order valence-corrected chi connectivity index (χ1v) is 9.55. The van der Waals surface area contributed by atoms with Gasteiger partial charge in [-0.1, -0.05) is 31.1 Å². The summed E-state index contributed by atoms with van der Waals surface area (Å²) in [7, 11) is 1.39. The third-order valence-electron chi connectivity index (χ3n) is 7.60. The zero-order chi connectivity index (χ0) is 18.7. The third-order valence-corrected chi connectivity index (χ3v) is 7.60. The molecule has 4 heteroatoms.